The second-order valence-electron chi connectivity index (χ2n) is 8.63. The third-order valence-electron chi connectivity index (χ3n) is 5.76. The van der Waals surface area contributed by atoms with Crippen molar-refractivity contribution in [1.29, 1.82) is 0 Å². The average Bonchev–Trinajstić information content (AvgIpc) is 2.80. The molecule has 0 radical (unpaired) electrons. The molecule has 0 amide bonds. The molecular formula is C26H30BrN3O3. The highest BCUT2D eigenvalue weighted by molar-refractivity contribution is 9.10. The van der Waals surface area contributed by atoms with Gasteiger partial charge in [0.05, 0.1) is 29.8 Å². The Balaban J connectivity index is 1.77. The second kappa shape index (κ2) is 10.5. The maximum Gasteiger partial charge on any atom is 0.282 e. The van der Waals surface area contributed by atoms with E-state index in [1.165, 1.54) is 11.1 Å². The lowest BCUT2D eigenvalue weighted by molar-refractivity contribution is 0.224. The summed E-state index contributed by atoms with van der Waals surface area (Å²) in [7, 11) is 0. The van der Waals surface area contributed by atoms with Crippen molar-refractivity contribution < 1.29 is 9.47 Å². The molecule has 0 aliphatic heterocycles. The molecule has 0 atom stereocenters. The van der Waals surface area contributed by atoms with Crippen LogP contribution in [0.2, 0.25) is 0 Å². The standard InChI is InChI=1S/C26H30BrN3O3/c1-4-32-24-14-18(10-13-23(24)33-17(2)3)16-28-30-25(19-8-6-5-7-9-19)29-22-12-11-20(27)15-21(22)26(30)31/h10-17,19H,4-9H2,1-3H3. The highest BCUT2D eigenvalue weighted by Gasteiger charge is 2.22. The van der Waals surface area contributed by atoms with Crippen molar-refractivity contribution in [3.05, 3.63) is 62.6 Å². The zero-order chi connectivity index (χ0) is 23.4. The molecule has 1 aromatic heterocycles. The molecule has 0 saturated heterocycles. The van der Waals surface area contributed by atoms with Gasteiger partial charge >= 0.3 is 0 Å². The summed E-state index contributed by atoms with van der Waals surface area (Å²) in [6.07, 6.45) is 7.33. The van der Waals surface area contributed by atoms with E-state index in [2.05, 4.69) is 21.0 Å². The van der Waals surface area contributed by atoms with Gasteiger partial charge in [0.25, 0.3) is 5.56 Å². The lowest BCUT2D eigenvalue weighted by Gasteiger charge is -2.22. The SMILES string of the molecule is CCOc1cc(C=Nn2c(C3CCCCC3)nc3ccc(Br)cc3c2=O)ccc1OC(C)C. The van der Waals surface area contributed by atoms with Gasteiger partial charge in [-0.05, 0) is 75.6 Å². The molecular weight excluding hydrogens is 482 g/mol. The minimum Gasteiger partial charge on any atom is -0.490 e. The number of rotatable bonds is 7. The fraction of sp³-hybridized carbons (Fsp3) is 0.423. The van der Waals surface area contributed by atoms with Crippen molar-refractivity contribution in [3.8, 4) is 11.5 Å². The van der Waals surface area contributed by atoms with Crippen LogP contribution >= 0.6 is 15.9 Å². The van der Waals surface area contributed by atoms with Crippen molar-refractivity contribution >= 4 is 33.0 Å². The third kappa shape index (κ3) is 5.46. The van der Waals surface area contributed by atoms with Crippen molar-refractivity contribution in [2.75, 3.05) is 6.61 Å². The molecule has 174 valence electrons. The van der Waals surface area contributed by atoms with Crippen LogP contribution in [0.5, 0.6) is 11.5 Å². The minimum absolute atomic E-state index is 0.0448. The molecule has 1 heterocycles. The molecule has 7 heteroatoms. The van der Waals surface area contributed by atoms with Gasteiger partial charge in [-0.15, -0.1) is 0 Å². The van der Waals surface area contributed by atoms with Crippen LogP contribution in [-0.4, -0.2) is 28.6 Å². The zero-order valence-electron chi connectivity index (χ0n) is 19.4. The highest BCUT2D eigenvalue weighted by atomic mass is 79.9. The molecule has 1 fully saturated rings. The molecule has 1 aliphatic carbocycles. The number of nitrogens with zero attached hydrogens (tertiary/aromatic N) is 3. The molecule has 0 bridgehead atoms. The van der Waals surface area contributed by atoms with Crippen molar-refractivity contribution in [1.82, 2.24) is 9.66 Å². The van der Waals surface area contributed by atoms with Gasteiger partial charge in [-0.1, -0.05) is 35.2 Å². The van der Waals surface area contributed by atoms with Crippen LogP contribution in [0.25, 0.3) is 10.9 Å². The predicted molar refractivity (Wildman–Crippen MR) is 136 cm³/mol. The molecule has 33 heavy (non-hydrogen) atoms. The Kier molecular flexibility index (Phi) is 7.48. The first-order chi connectivity index (χ1) is 16.0. The summed E-state index contributed by atoms with van der Waals surface area (Å²) in [6, 6.07) is 11.3. The largest absolute Gasteiger partial charge is 0.490 e. The monoisotopic (exact) mass is 511 g/mol. The van der Waals surface area contributed by atoms with Crippen molar-refractivity contribution in [2.24, 2.45) is 5.10 Å². The van der Waals surface area contributed by atoms with E-state index in [1.54, 1.807) is 6.21 Å². The van der Waals surface area contributed by atoms with E-state index in [1.807, 2.05) is 57.2 Å². The molecule has 1 saturated carbocycles. The summed E-state index contributed by atoms with van der Waals surface area (Å²) in [5.74, 6) is 2.34. The molecule has 2 aromatic carbocycles. The van der Waals surface area contributed by atoms with Crippen LogP contribution in [0.15, 0.2) is 50.8 Å². The molecule has 3 aromatic rings. The van der Waals surface area contributed by atoms with Crippen LogP contribution in [0, 0.1) is 0 Å². The van der Waals surface area contributed by atoms with Crippen molar-refractivity contribution in [3.63, 3.8) is 0 Å². The van der Waals surface area contributed by atoms with E-state index in [4.69, 9.17) is 14.5 Å². The van der Waals surface area contributed by atoms with Gasteiger partial charge in [0, 0.05) is 10.4 Å². The Hall–Kier alpha value is -2.67. The van der Waals surface area contributed by atoms with Gasteiger partial charge in [0.2, 0.25) is 0 Å². The first-order valence-corrected chi connectivity index (χ1v) is 12.5. The number of fused-ring (bicyclic) bond motifs is 1. The van der Waals surface area contributed by atoms with E-state index in [9.17, 15) is 4.79 Å². The zero-order valence-corrected chi connectivity index (χ0v) is 21.0. The predicted octanol–water partition coefficient (Wildman–Crippen LogP) is 6.27. The first-order valence-electron chi connectivity index (χ1n) is 11.7. The van der Waals surface area contributed by atoms with Crippen LogP contribution in [0.4, 0.5) is 0 Å². The van der Waals surface area contributed by atoms with Gasteiger partial charge in [-0.3, -0.25) is 4.79 Å². The topological polar surface area (TPSA) is 65.7 Å². The van der Waals surface area contributed by atoms with E-state index >= 15 is 0 Å². The quantitative estimate of drug-likeness (QED) is 0.350. The minimum atomic E-state index is -0.150. The summed E-state index contributed by atoms with van der Waals surface area (Å²) in [5.41, 5.74) is 1.39. The van der Waals surface area contributed by atoms with Gasteiger partial charge in [0.15, 0.2) is 11.5 Å². The Morgan fingerprint density at radius 2 is 1.94 bits per heavy atom. The fourth-order valence-electron chi connectivity index (χ4n) is 4.25. The number of halogens is 1. The summed E-state index contributed by atoms with van der Waals surface area (Å²) in [5, 5.41) is 5.18. The Morgan fingerprint density at radius 3 is 2.67 bits per heavy atom. The van der Waals surface area contributed by atoms with E-state index in [0.717, 1.165) is 41.5 Å². The summed E-state index contributed by atoms with van der Waals surface area (Å²) < 4.78 is 14.0. The second-order valence-corrected chi connectivity index (χ2v) is 9.55. The molecule has 4 rings (SSSR count). The van der Waals surface area contributed by atoms with Crippen LogP contribution in [0.1, 0.15) is 70.2 Å². The lowest BCUT2D eigenvalue weighted by atomic mass is 9.88. The highest BCUT2D eigenvalue weighted by Crippen LogP contribution is 2.32. The van der Waals surface area contributed by atoms with Crippen molar-refractivity contribution in [2.45, 2.75) is 64.9 Å². The van der Waals surface area contributed by atoms with Crippen LogP contribution < -0.4 is 15.0 Å². The van der Waals surface area contributed by atoms with Crippen LogP contribution in [0.3, 0.4) is 0 Å². The molecule has 1 aliphatic rings. The average molecular weight is 512 g/mol. The van der Waals surface area contributed by atoms with Crippen LogP contribution in [-0.2, 0) is 0 Å². The van der Waals surface area contributed by atoms with Gasteiger partial charge in [-0.2, -0.15) is 9.78 Å². The normalized spacial score (nSPS) is 14.9. The molecule has 0 unspecified atom stereocenters. The summed E-state index contributed by atoms with van der Waals surface area (Å²) in [6.45, 7) is 6.43. The lowest BCUT2D eigenvalue weighted by Crippen LogP contribution is -2.25. The van der Waals surface area contributed by atoms with Gasteiger partial charge in [-0.25, -0.2) is 4.98 Å². The fourth-order valence-corrected chi connectivity index (χ4v) is 4.61. The van der Waals surface area contributed by atoms with Gasteiger partial charge in [0.1, 0.15) is 5.82 Å². The number of ether oxygens (including phenoxy) is 2. The van der Waals surface area contributed by atoms with E-state index in [-0.39, 0.29) is 17.6 Å². The maximum absolute atomic E-state index is 13.5. The number of hydrogen-bond donors (Lipinski definition) is 0. The Labute approximate surface area is 202 Å². The maximum atomic E-state index is 13.5. The third-order valence-corrected chi connectivity index (χ3v) is 6.25. The number of aromatic nitrogens is 2. The molecule has 0 spiro atoms. The smallest absolute Gasteiger partial charge is 0.282 e. The molecule has 6 nitrogen and oxygen atoms in total. The summed E-state index contributed by atoms with van der Waals surface area (Å²) >= 11 is 3.47. The summed E-state index contributed by atoms with van der Waals surface area (Å²) in [4.78, 5) is 18.3. The van der Waals surface area contributed by atoms with Gasteiger partial charge < -0.3 is 9.47 Å². The first kappa shape index (κ1) is 23.5. The molecule has 0 N–H and O–H groups in total. The van der Waals surface area contributed by atoms with E-state index in [0.29, 0.717) is 29.0 Å². The Bertz CT molecular complexity index is 1210. The Morgan fingerprint density at radius 1 is 1.15 bits per heavy atom. The van der Waals surface area contributed by atoms with E-state index < -0.39 is 0 Å². The number of benzene rings is 2. The number of hydrogen-bond acceptors (Lipinski definition) is 5.